The molecule has 0 bridgehead atoms. The number of hydrogen-bond acceptors (Lipinski definition) is 4. The molecule has 2 amide bonds. The van der Waals surface area contributed by atoms with Crippen molar-refractivity contribution in [2.75, 3.05) is 14.2 Å². The molecule has 1 rings (SSSR count). The molecular weight excluding hydrogens is 248 g/mol. The van der Waals surface area contributed by atoms with Crippen LogP contribution in [0.1, 0.15) is 40.5 Å². The molecule has 1 aliphatic heterocycles. The highest BCUT2D eigenvalue weighted by atomic mass is 16.7. The first-order chi connectivity index (χ1) is 8.67. The van der Waals surface area contributed by atoms with Crippen molar-refractivity contribution in [3.05, 3.63) is 0 Å². The molecule has 0 N–H and O–H groups in total. The van der Waals surface area contributed by atoms with Crippen LogP contribution in [0.4, 0.5) is 4.79 Å². The average Bonchev–Trinajstić information content (AvgIpc) is 2.66. The largest absolute Gasteiger partial charge is 0.444 e. The average molecular weight is 272 g/mol. The highest BCUT2D eigenvalue weighted by Crippen LogP contribution is 2.27. The molecular formula is C13H24N2O4. The minimum absolute atomic E-state index is 0.00550. The summed E-state index contributed by atoms with van der Waals surface area (Å²) in [7, 11) is 2.96. The third-order valence-corrected chi connectivity index (χ3v) is 3.14. The van der Waals surface area contributed by atoms with Gasteiger partial charge in [-0.25, -0.2) is 9.86 Å². The number of hydroxylamine groups is 2. The molecule has 2 atom stereocenters. The molecule has 6 nitrogen and oxygen atoms in total. The molecule has 1 aliphatic rings. The van der Waals surface area contributed by atoms with Crippen molar-refractivity contribution in [1.29, 1.82) is 0 Å². The van der Waals surface area contributed by atoms with Crippen molar-refractivity contribution in [1.82, 2.24) is 9.96 Å². The van der Waals surface area contributed by atoms with Crippen LogP contribution in [0.15, 0.2) is 0 Å². The maximum absolute atomic E-state index is 12.2. The van der Waals surface area contributed by atoms with Gasteiger partial charge in [0.05, 0.1) is 7.11 Å². The van der Waals surface area contributed by atoms with E-state index in [4.69, 9.17) is 9.57 Å². The van der Waals surface area contributed by atoms with E-state index < -0.39 is 17.7 Å². The molecule has 6 heteroatoms. The Labute approximate surface area is 114 Å². The van der Waals surface area contributed by atoms with Crippen molar-refractivity contribution in [3.8, 4) is 0 Å². The van der Waals surface area contributed by atoms with E-state index in [9.17, 15) is 9.59 Å². The standard InChI is InChI=1S/C13H24N2O4/c1-9-7-8-10(11(16)14(5)18-6)15(9)12(17)19-13(2,3)4/h9-10H,7-8H2,1-6H3/t9-,10-/m0/s1. The number of hydrogen-bond donors (Lipinski definition) is 0. The van der Waals surface area contributed by atoms with Gasteiger partial charge in [0.1, 0.15) is 11.6 Å². The Bertz CT molecular complexity index is 351. The van der Waals surface area contributed by atoms with Gasteiger partial charge in [-0.2, -0.15) is 0 Å². The van der Waals surface area contributed by atoms with Gasteiger partial charge in [-0.3, -0.25) is 14.5 Å². The number of carbonyl (C=O) groups is 2. The molecule has 0 unspecified atom stereocenters. The molecule has 0 radical (unpaired) electrons. The number of rotatable bonds is 2. The van der Waals surface area contributed by atoms with Crippen LogP contribution in [0, 0.1) is 0 Å². The van der Waals surface area contributed by atoms with Gasteiger partial charge in [0, 0.05) is 13.1 Å². The summed E-state index contributed by atoms with van der Waals surface area (Å²) in [5.41, 5.74) is -0.569. The van der Waals surface area contributed by atoms with Crippen molar-refractivity contribution >= 4 is 12.0 Å². The van der Waals surface area contributed by atoms with E-state index in [-0.39, 0.29) is 11.9 Å². The third kappa shape index (κ3) is 3.83. The second-order valence-electron chi connectivity index (χ2n) is 5.85. The smallest absolute Gasteiger partial charge is 0.411 e. The van der Waals surface area contributed by atoms with Gasteiger partial charge in [-0.15, -0.1) is 0 Å². The Hall–Kier alpha value is -1.30. The second-order valence-corrected chi connectivity index (χ2v) is 5.85. The van der Waals surface area contributed by atoms with Crippen LogP contribution >= 0.6 is 0 Å². The van der Waals surface area contributed by atoms with E-state index in [0.29, 0.717) is 6.42 Å². The SMILES string of the molecule is CON(C)C(=O)[C@@H]1CC[C@H](C)N1C(=O)OC(C)(C)C. The Kier molecular flexibility index (Phi) is 4.79. The first kappa shape index (κ1) is 15.8. The van der Waals surface area contributed by atoms with Crippen LogP contribution in [0.5, 0.6) is 0 Å². The van der Waals surface area contributed by atoms with Crippen molar-refractivity contribution in [2.24, 2.45) is 0 Å². The number of likely N-dealkylation sites (tertiary alicyclic amines) is 1. The minimum Gasteiger partial charge on any atom is -0.444 e. The minimum atomic E-state index is -0.569. The van der Waals surface area contributed by atoms with Gasteiger partial charge in [-0.05, 0) is 40.5 Å². The van der Waals surface area contributed by atoms with Crippen LogP contribution in [0.2, 0.25) is 0 Å². The van der Waals surface area contributed by atoms with Crippen LogP contribution < -0.4 is 0 Å². The number of carbonyl (C=O) groups excluding carboxylic acids is 2. The van der Waals surface area contributed by atoms with Crippen molar-refractivity contribution in [3.63, 3.8) is 0 Å². The fraction of sp³-hybridized carbons (Fsp3) is 0.846. The molecule has 0 saturated carbocycles. The summed E-state index contributed by atoms with van der Waals surface area (Å²) in [4.78, 5) is 30.8. The van der Waals surface area contributed by atoms with Gasteiger partial charge in [0.25, 0.3) is 5.91 Å². The predicted molar refractivity (Wildman–Crippen MR) is 70.3 cm³/mol. The maximum atomic E-state index is 12.2. The topological polar surface area (TPSA) is 59.1 Å². The normalized spacial score (nSPS) is 23.4. The molecule has 0 aromatic heterocycles. The lowest BCUT2D eigenvalue weighted by Crippen LogP contribution is -2.50. The monoisotopic (exact) mass is 272 g/mol. The summed E-state index contributed by atoms with van der Waals surface area (Å²) in [5, 5.41) is 1.15. The molecule has 0 aromatic rings. The summed E-state index contributed by atoms with van der Waals surface area (Å²) in [6, 6.07) is -0.510. The highest BCUT2D eigenvalue weighted by Gasteiger charge is 2.42. The summed E-state index contributed by atoms with van der Waals surface area (Å²) < 4.78 is 5.36. The quantitative estimate of drug-likeness (QED) is 0.719. The third-order valence-electron chi connectivity index (χ3n) is 3.14. The van der Waals surface area contributed by atoms with Crippen molar-refractivity contribution < 1.29 is 19.2 Å². The zero-order valence-corrected chi connectivity index (χ0v) is 12.6. The number of nitrogens with zero attached hydrogens (tertiary/aromatic N) is 2. The Morgan fingerprint density at radius 2 is 1.84 bits per heavy atom. The molecule has 1 heterocycles. The lowest BCUT2D eigenvalue weighted by atomic mass is 10.2. The first-order valence-electron chi connectivity index (χ1n) is 6.50. The van der Waals surface area contributed by atoms with Gasteiger partial charge in [0.2, 0.25) is 0 Å². The fourth-order valence-corrected chi connectivity index (χ4v) is 2.15. The zero-order valence-electron chi connectivity index (χ0n) is 12.6. The van der Waals surface area contributed by atoms with Crippen LogP contribution in [0.25, 0.3) is 0 Å². The summed E-state index contributed by atoms with van der Waals surface area (Å²) >= 11 is 0. The summed E-state index contributed by atoms with van der Waals surface area (Å²) in [5.74, 6) is -0.224. The molecule has 0 aliphatic carbocycles. The summed E-state index contributed by atoms with van der Waals surface area (Å²) in [6.45, 7) is 7.35. The Morgan fingerprint density at radius 1 is 1.26 bits per heavy atom. The molecule has 19 heavy (non-hydrogen) atoms. The van der Waals surface area contributed by atoms with E-state index in [0.717, 1.165) is 11.5 Å². The van der Waals surface area contributed by atoms with Gasteiger partial charge in [-0.1, -0.05) is 0 Å². The lowest BCUT2D eigenvalue weighted by Gasteiger charge is -2.31. The Morgan fingerprint density at radius 3 is 2.32 bits per heavy atom. The number of ether oxygens (including phenoxy) is 1. The number of amides is 2. The second kappa shape index (κ2) is 5.77. The Balaban J connectivity index is 2.83. The first-order valence-corrected chi connectivity index (χ1v) is 6.50. The predicted octanol–water partition coefficient (Wildman–Crippen LogP) is 1.79. The number of likely N-dealkylation sites (N-methyl/N-ethyl adjacent to an activating group) is 1. The van der Waals surface area contributed by atoms with E-state index in [1.165, 1.54) is 12.0 Å². The van der Waals surface area contributed by atoms with Crippen molar-refractivity contribution in [2.45, 2.75) is 58.2 Å². The van der Waals surface area contributed by atoms with E-state index in [1.54, 1.807) is 7.05 Å². The molecule has 110 valence electrons. The van der Waals surface area contributed by atoms with E-state index in [1.807, 2.05) is 27.7 Å². The van der Waals surface area contributed by atoms with Gasteiger partial charge in [0.15, 0.2) is 0 Å². The van der Waals surface area contributed by atoms with Crippen LogP contribution in [0.3, 0.4) is 0 Å². The fourth-order valence-electron chi connectivity index (χ4n) is 2.15. The highest BCUT2D eigenvalue weighted by molar-refractivity contribution is 5.85. The zero-order chi connectivity index (χ0) is 14.8. The van der Waals surface area contributed by atoms with Gasteiger partial charge < -0.3 is 4.74 Å². The van der Waals surface area contributed by atoms with E-state index in [2.05, 4.69) is 0 Å². The molecule has 1 fully saturated rings. The molecule has 1 saturated heterocycles. The lowest BCUT2D eigenvalue weighted by molar-refractivity contribution is -0.173. The molecule has 0 aromatic carbocycles. The molecule has 0 spiro atoms. The van der Waals surface area contributed by atoms with Gasteiger partial charge >= 0.3 is 6.09 Å². The van der Waals surface area contributed by atoms with Crippen LogP contribution in [-0.4, -0.2) is 53.8 Å². The van der Waals surface area contributed by atoms with Crippen LogP contribution in [-0.2, 0) is 14.4 Å². The maximum Gasteiger partial charge on any atom is 0.411 e. The van der Waals surface area contributed by atoms with E-state index >= 15 is 0 Å². The summed E-state index contributed by atoms with van der Waals surface area (Å²) in [6.07, 6.45) is 0.973.